The monoisotopic (exact) mass is 282 g/mol. The van der Waals surface area contributed by atoms with E-state index in [9.17, 15) is 4.79 Å². The van der Waals surface area contributed by atoms with Gasteiger partial charge in [-0.25, -0.2) is 4.98 Å². The van der Waals surface area contributed by atoms with Gasteiger partial charge in [-0.15, -0.1) is 0 Å². The van der Waals surface area contributed by atoms with E-state index in [1.54, 1.807) is 0 Å². The van der Waals surface area contributed by atoms with Crippen LogP contribution in [0.5, 0.6) is 0 Å². The zero-order valence-electron chi connectivity index (χ0n) is 12.9. The number of nitrogens with zero attached hydrogens (tertiary/aromatic N) is 1. The van der Waals surface area contributed by atoms with Crippen LogP contribution in [-0.2, 0) is 10.2 Å². The summed E-state index contributed by atoms with van der Waals surface area (Å²) in [6, 6.07) is 10.3. The Hall–Kier alpha value is -1.90. The van der Waals surface area contributed by atoms with Crippen LogP contribution in [0.15, 0.2) is 30.3 Å². The van der Waals surface area contributed by atoms with Crippen molar-refractivity contribution in [3.8, 4) is 0 Å². The third-order valence-electron chi connectivity index (χ3n) is 4.29. The van der Waals surface area contributed by atoms with Gasteiger partial charge in [0.05, 0.1) is 5.52 Å². The van der Waals surface area contributed by atoms with Gasteiger partial charge in [0.15, 0.2) is 0 Å². The SMILES string of the molecule is CC(C)(C)c1ccc2ccc(NC(=O)C3CCC3)nc2c1. The van der Waals surface area contributed by atoms with Crippen molar-refractivity contribution in [2.75, 3.05) is 5.32 Å². The van der Waals surface area contributed by atoms with Crippen molar-refractivity contribution in [1.29, 1.82) is 0 Å². The fraction of sp³-hybridized carbons (Fsp3) is 0.444. The van der Waals surface area contributed by atoms with E-state index in [1.165, 1.54) is 5.56 Å². The first-order valence-corrected chi connectivity index (χ1v) is 7.66. The van der Waals surface area contributed by atoms with Crippen LogP contribution < -0.4 is 5.32 Å². The van der Waals surface area contributed by atoms with Crippen LogP contribution in [-0.4, -0.2) is 10.9 Å². The van der Waals surface area contributed by atoms with Gasteiger partial charge in [-0.05, 0) is 42.0 Å². The summed E-state index contributed by atoms with van der Waals surface area (Å²) in [6.45, 7) is 6.57. The highest BCUT2D eigenvalue weighted by molar-refractivity contribution is 5.93. The van der Waals surface area contributed by atoms with Gasteiger partial charge in [0.1, 0.15) is 5.82 Å². The summed E-state index contributed by atoms with van der Waals surface area (Å²) in [7, 11) is 0. The first-order chi connectivity index (χ1) is 9.93. The number of nitrogens with one attached hydrogen (secondary N) is 1. The summed E-state index contributed by atoms with van der Waals surface area (Å²) in [5.74, 6) is 0.953. The largest absolute Gasteiger partial charge is 0.310 e. The summed E-state index contributed by atoms with van der Waals surface area (Å²) in [6.07, 6.45) is 3.18. The number of fused-ring (bicyclic) bond motifs is 1. The van der Waals surface area contributed by atoms with Crippen molar-refractivity contribution in [1.82, 2.24) is 4.98 Å². The Morgan fingerprint density at radius 1 is 1.19 bits per heavy atom. The van der Waals surface area contributed by atoms with Crippen molar-refractivity contribution in [3.63, 3.8) is 0 Å². The smallest absolute Gasteiger partial charge is 0.228 e. The lowest BCUT2D eigenvalue weighted by Gasteiger charge is -2.23. The molecule has 0 atom stereocenters. The second kappa shape index (κ2) is 5.14. The Labute approximate surface area is 125 Å². The number of hydrogen-bond acceptors (Lipinski definition) is 2. The van der Waals surface area contributed by atoms with Crippen LogP contribution in [0.2, 0.25) is 0 Å². The van der Waals surface area contributed by atoms with Gasteiger partial charge in [-0.3, -0.25) is 4.79 Å². The molecule has 1 heterocycles. The number of rotatable bonds is 2. The van der Waals surface area contributed by atoms with E-state index in [4.69, 9.17) is 0 Å². The molecule has 1 aromatic carbocycles. The molecule has 110 valence electrons. The number of amides is 1. The van der Waals surface area contributed by atoms with Crippen molar-refractivity contribution < 1.29 is 4.79 Å². The van der Waals surface area contributed by atoms with E-state index in [2.05, 4.69) is 49.3 Å². The maximum atomic E-state index is 12.0. The molecule has 0 saturated heterocycles. The number of hydrogen-bond donors (Lipinski definition) is 1. The molecule has 0 radical (unpaired) electrons. The Kier molecular flexibility index (Phi) is 3.44. The summed E-state index contributed by atoms with van der Waals surface area (Å²) >= 11 is 0. The van der Waals surface area contributed by atoms with Gasteiger partial charge in [-0.1, -0.05) is 39.3 Å². The van der Waals surface area contributed by atoms with Crippen molar-refractivity contribution in [2.45, 2.75) is 45.4 Å². The Bertz CT molecular complexity index is 681. The predicted octanol–water partition coefficient (Wildman–Crippen LogP) is 4.27. The van der Waals surface area contributed by atoms with Crippen LogP contribution in [0.25, 0.3) is 10.9 Å². The van der Waals surface area contributed by atoms with E-state index >= 15 is 0 Å². The molecule has 21 heavy (non-hydrogen) atoms. The third kappa shape index (κ3) is 2.92. The third-order valence-corrected chi connectivity index (χ3v) is 4.29. The van der Waals surface area contributed by atoms with Gasteiger partial charge < -0.3 is 5.32 Å². The van der Waals surface area contributed by atoms with Crippen molar-refractivity contribution >= 4 is 22.6 Å². The molecule has 1 amide bonds. The summed E-state index contributed by atoms with van der Waals surface area (Å²) in [4.78, 5) is 16.6. The minimum absolute atomic E-state index is 0.0983. The maximum absolute atomic E-state index is 12.0. The average molecular weight is 282 g/mol. The van der Waals surface area contributed by atoms with Crippen LogP contribution >= 0.6 is 0 Å². The summed E-state index contributed by atoms with van der Waals surface area (Å²) in [5, 5.41) is 4.05. The lowest BCUT2D eigenvalue weighted by molar-refractivity contribution is -0.122. The second-order valence-electron chi connectivity index (χ2n) is 6.97. The molecule has 0 unspecified atom stereocenters. The summed E-state index contributed by atoms with van der Waals surface area (Å²) < 4.78 is 0. The lowest BCUT2D eigenvalue weighted by Crippen LogP contribution is -2.28. The molecule has 1 aliphatic carbocycles. The molecule has 0 aliphatic heterocycles. The molecule has 1 fully saturated rings. The highest BCUT2D eigenvalue weighted by atomic mass is 16.2. The fourth-order valence-electron chi connectivity index (χ4n) is 2.55. The molecule has 1 N–H and O–H groups in total. The van der Waals surface area contributed by atoms with E-state index in [-0.39, 0.29) is 17.2 Å². The average Bonchev–Trinajstić information content (AvgIpc) is 2.34. The normalized spacial score (nSPS) is 15.8. The number of carbonyl (C=O) groups excluding carboxylic acids is 1. The molecular weight excluding hydrogens is 260 g/mol. The molecule has 1 aromatic heterocycles. The number of anilines is 1. The van der Waals surface area contributed by atoms with E-state index in [0.29, 0.717) is 5.82 Å². The zero-order valence-corrected chi connectivity index (χ0v) is 12.9. The van der Waals surface area contributed by atoms with Gasteiger partial charge in [0.25, 0.3) is 0 Å². The van der Waals surface area contributed by atoms with E-state index in [1.807, 2.05) is 12.1 Å². The molecule has 3 heteroatoms. The maximum Gasteiger partial charge on any atom is 0.228 e. The van der Waals surface area contributed by atoms with Crippen LogP contribution in [0.4, 0.5) is 5.82 Å². The molecular formula is C18H22N2O. The Morgan fingerprint density at radius 3 is 2.52 bits per heavy atom. The van der Waals surface area contributed by atoms with Gasteiger partial charge in [0.2, 0.25) is 5.91 Å². The standard InChI is InChI=1S/C18H22N2O/c1-18(2,3)14-9-7-12-8-10-16(19-15(12)11-14)20-17(21)13-5-4-6-13/h7-11,13H,4-6H2,1-3H3,(H,19,20,21). The highest BCUT2D eigenvalue weighted by Crippen LogP contribution is 2.28. The minimum atomic E-state index is 0.0983. The van der Waals surface area contributed by atoms with Crippen LogP contribution in [0.3, 0.4) is 0 Å². The molecule has 0 bridgehead atoms. The molecule has 1 aliphatic rings. The van der Waals surface area contributed by atoms with Crippen LogP contribution in [0.1, 0.15) is 45.6 Å². The summed E-state index contributed by atoms with van der Waals surface area (Å²) in [5.41, 5.74) is 2.29. The van der Waals surface area contributed by atoms with Crippen LogP contribution in [0, 0.1) is 5.92 Å². The minimum Gasteiger partial charge on any atom is -0.310 e. The molecule has 3 rings (SSSR count). The predicted molar refractivity (Wildman–Crippen MR) is 86.4 cm³/mol. The highest BCUT2D eigenvalue weighted by Gasteiger charge is 2.25. The molecule has 0 spiro atoms. The second-order valence-corrected chi connectivity index (χ2v) is 6.97. The first-order valence-electron chi connectivity index (χ1n) is 7.66. The molecule has 3 nitrogen and oxygen atoms in total. The number of aromatic nitrogens is 1. The molecule has 1 saturated carbocycles. The van der Waals surface area contributed by atoms with Crippen molar-refractivity contribution in [3.05, 3.63) is 35.9 Å². The van der Waals surface area contributed by atoms with Gasteiger partial charge in [-0.2, -0.15) is 0 Å². The quantitative estimate of drug-likeness (QED) is 0.893. The number of carbonyl (C=O) groups is 1. The Morgan fingerprint density at radius 2 is 1.90 bits per heavy atom. The van der Waals surface area contributed by atoms with Gasteiger partial charge in [0, 0.05) is 11.3 Å². The number of pyridine rings is 1. The topological polar surface area (TPSA) is 42.0 Å². The van der Waals surface area contributed by atoms with Crippen molar-refractivity contribution in [2.24, 2.45) is 5.92 Å². The van der Waals surface area contributed by atoms with E-state index in [0.717, 1.165) is 30.2 Å². The van der Waals surface area contributed by atoms with E-state index < -0.39 is 0 Å². The fourth-order valence-corrected chi connectivity index (χ4v) is 2.55. The van der Waals surface area contributed by atoms with Gasteiger partial charge >= 0.3 is 0 Å². The zero-order chi connectivity index (χ0) is 15.0. The first kappa shape index (κ1) is 14.1. The molecule has 2 aromatic rings. The Balaban J connectivity index is 1.88. The lowest BCUT2D eigenvalue weighted by atomic mass is 9.85. The number of benzene rings is 1.